The van der Waals surface area contributed by atoms with Gasteiger partial charge in [-0.3, -0.25) is 19.6 Å². The molecule has 0 N–H and O–H groups in total. The minimum atomic E-state index is -0.635. The Morgan fingerprint density at radius 1 is 0.469 bits per heavy atom. The molecule has 0 saturated heterocycles. The molecule has 0 bridgehead atoms. The van der Waals surface area contributed by atoms with Crippen molar-refractivity contribution in [2.24, 2.45) is 0 Å². The number of para-hydroxylation sites is 2. The molecule has 6 heteroatoms. The van der Waals surface area contributed by atoms with E-state index in [2.05, 4.69) is 48.5 Å². The molecule has 2 aliphatic carbocycles. The Morgan fingerprint density at radius 3 is 1.31 bits per heavy atom. The molecular formula is C43H34N2O4. The molecule has 6 aromatic rings. The molecule has 240 valence electrons. The van der Waals surface area contributed by atoms with Crippen LogP contribution in [-0.4, -0.2) is 21.9 Å². The molecule has 6 nitrogen and oxygen atoms in total. The van der Waals surface area contributed by atoms with Crippen LogP contribution in [0, 0.1) is 0 Å². The summed E-state index contributed by atoms with van der Waals surface area (Å²) in [5.74, 6) is 0.451. The van der Waals surface area contributed by atoms with Crippen molar-refractivity contribution in [2.45, 2.75) is 42.9 Å². The number of rotatable bonds is 10. The van der Waals surface area contributed by atoms with E-state index in [0.717, 1.165) is 44.8 Å². The van der Waals surface area contributed by atoms with E-state index in [9.17, 15) is 9.59 Å². The molecule has 0 radical (unpaired) electrons. The van der Waals surface area contributed by atoms with Crippen molar-refractivity contribution < 1.29 is 19.1 Å². The number of pyridine rings is 2. The first-order chi connectivity index (χ1) is 24.1. The first-order valence-corrected chi connectivity index (χ1v) is 16.7. The van der Waals surface area contributed by atoms with Crippen LogP contribution in [0.5, 0.6) is 11.5 Å². The number of hydrogen-bond acceptors (Lipinski definition) is 6. The SMILES string of the molecule is O=C(CCC1(CC2(CCC(=O)Oc3ccccc3)c3ccccc3-c3ncccc32)c2ccccc2-c2ncccc21)Oc1ccccc1. The summed E-state index contributed by atoms with van der Waals surface area (Å²) in [5, 5.41) is 0. The predicted molar refractivity (Wildman–Crippen MR) is 188 cm³/mol. The summed E-state index contributed by atoms with van der Waals surface area (Å²) in [5.41, 5.74) is 7.09. The number of carbonyl (C=O) groups is 2. The van der Waals surface area contributed by atoms with Crippen LogP contribution in [0.3, 0.4) is 0 Å². The van der Waals surface area contributed by atoms with Crippen molar-refractivity contribution in [1.29, 1.82) is 0 Å². The van der Waals surface area contributed by atoms with Gasteiger partial charge < -0.3 is 9.47 Å². The summed E-state index contributed by atoms with van der Waals surface area (Å²) in [6.45, 7) is 0. The van der Waals surface area contributed by atoms with Crippen molar-refractivity contribution in [3.8, 4) is 34.0 Å². The third kappa shape index (κ3) is 5.39. The first kappa shape index (κ1) is 30.5. The van der Waals surface area contributed by atoms with E-state index in [4.69, 9.17) is 19.4 Å². The lowest BCUT2D eigenvalue weighted by Crippen LogP contribution is -2.39. The summed E-state index contributed by atoms with van der Waals surface area (Å²) in [6.07, 6.45) is 5.59. The Hall–Kier alpha value is -5.88. The summed E-state index contributed by atoms with van der Waals surface area (Å²) >= 11 is 0. The summed E-state index contributed by atoms with van der Waals surface area (Å²) in [6, 6.07) is 43.4. The summed E-state index contributed by atoms with van der Waals surface area (Å²) in [7, 11) is 0. The van der Waals surface area contributed by atoms with E-state index in [-0.39, 0.29) is 24.8 Å². The Labute approximate surface area is 285 Å². The molecule has 8 rings (SSSR count). The maximum absolute atomic E-state index is 13.5. The van der Waals surface area contributed by atoms with Gasteiger partial charge in [-0.25, -0.2) is 0 Å². The third-order valence-electron chi connectivity index (χ3n) is 10.1. The predicted octanol–water partition coefficient (Wildman–Crippen LogP) is 8.87. The van der Waals surface area contributed by atoms with Crippen LogP contribution < -0.4 is 9.47 Å². The molecule has 0 amide bonds. The number of benzene rings is 4. The molecule has 0 aliphatic heterocycles. The van der Waals surface area contributed by atoms with Gasteiger partial charge in [0, 0.05) is 47.2 Å². The summed E-state index contributed by atoms with van der Waals surface area (Å²) in [4.78, 5) is 36.8. The van der Waals surface area contributed by atoms with Gasteiger partial charge in [0.25, 0.3) is 0 Å². The van der Waals surface area contributed by atoms with E-state index in [1.165, 1.54) is 0 Å². The van der Waals surface area contributed by atoms with Crippen molar-refractivity contribution in [2.75, 3.05) is 0 Å². The highest BCUT2D eigenvalue weighted by molar-refractivity contribution is 5.83. The van der Waals surface area contributed by atoms with Gasteiger partial charge in [-0.1, -0.05) is 97.1 Å². The lowest BCUT2D eigenvalue weighted by Gasteiger charge is -2.42. The fourth-order valence-corrected chi connectivity index (χ4v) is 8.10. The highest BCUT2D eigenvalue weighted by atomic mass is 16.5. The number of esters is 2. The van der Waals surface area contributed by atoms with E-state index < -0.39 is 10.8 Å². The second-order valence-corrected chi connectivity index (χ2v) is 12.8. The van der Waals surface area contributed by atoms with Crippen LogP contribution in [0.15, 0.2) is 146 Å². The minimum Gasteiger partial charge on any atom is -0.427 e. The van der Waals surface area contributed by atoms with E-state index in [1.54, 1.807) is 24.3 Å². The zero-order valence-corrected chi connectivity index (χ0v) is 26.9. The number of carbonyl (C=O) groups excluding carboxylic acids is 2. The van der Waals surface area contributed by atoms with Crippen LogP contribution >= 0.6 is 0 Å². The number of nitrogens with zero attached hydrogens (tertiary/aromatic N) is 2. The molecule has 0 fully saturated rings. The van der Waals surface area contributed by atoms with Gasteiger partial charge in [0.1, 0.15) is 11.5 Å². The smallest absolute Gasteiger partial charge is 0.311 e. The Morgan fingerprint density at radius 2 is 0.857 bits per heavy atom. The molecular weight excluding hydrogens is 608 g/mol. The Balaban J connectivity index is 1.26. The lowest BCUT2D eigenvalue weighted by atomic mass is 9.60. The zero-order chi connectivity index (χ0) is 33.3. The van der Waals surface area contributed by atoms with E-state index >= 15 is 0 Å². The quantitative estimate of drug-likeness (QED) is 0.110. The van der Waals surface area contributed by atoms with Gasteiger partial charge in [-0.05, 0) is 77.9 Å². The van der Waals surface area contributed by atoms with Crippen LogP contribution in [0.4, 0.5) is 0 Å². The molecule has 2 aliphatic rings. The molecule has 0 saturated carbocycles. The number of ether oxygens (including phenoxy) is 2. The van der Waals surface area contributed by atoms with Crippen molar-refractivity contribution >= 4 is 11.9 Å². The van der Waals surface area contributed by atoms with Crippen molar-refractivity contribution in [3.05, 3.63) is 168 Å². The largest absolute Gasteiger partial charge is 0.427 e. The van der Waals surface area contributed by atoms with Crippen LogP contribution in [-0.2, 0) is 20.4 Å². The van der Waals surface area contributed by atoms with Gasteiger partial charge in [0.2, 0.25) is 0 Å². The van der Waals surface area contributed by atoms with Crippen molar-refractivity contribution in [1.82, 2.24) is 9.97 Å². The Kier molecular flexibility index (Phi) is 7.84. The molecule has 4 aromatic carbocycles. The van der Waals surface area contributed by atoms with Gasteiger partial charge in [-0.2, -0.15) is 0 Å². The molecule has 2 aromatic heterocycles. The van der Waals surface area contributed by atoms with E-state index in [0.29, 0.717) is 30.8 Å². The lowest BCUT2D eigenvalue weighted by molar-refractivity contribution is -0.135. The molecule has 2 atom stereocenters. The molecule has 0 spiro atoms. The van der Waals surface area contributed by atoms with Crippen molar-refractivity contribution in [3.63, 3.8) is 0 Å². The average molecular weight is 643 g/mol. The third-order valence-corrected chi connectivity index (χ3v) is 10.1. The molecule has 49 heavy (non-hydrogen) atoms. The molecule has 2 unspecified atom stereocenters. The highest BCUT2D eigenvalue weighted by Crippen LogP contribution is 2.61. The first-order valence-electron chi connectivity index (χ1n) is 16.7. The second kappa shape index (κ2) is 12.6. The summed E-state index contributed by atoms with van der Waals surface area (Å²) < 4.78 is 11.6. The normalized spacial score (nSPS) is 18.1. The number of aromatic nitrogens is 2. The van der Waals surface area contributed by atoms with Gasteiger partial charge in [0.15, 0.2) is 0 Å². The second-order valence-electron chi connectivity index (χ2n) is 12.8. The average Bonchev–Trinajstić information content (AvgIpc) is 3.58. The maximum Gasteiger partial charge on any atom is 0.311 e. The Bertz CT molecular complexity index is 1920. The molecule has 2 heterocycles. The fourth-order valence-electron chi connectivity index (χ4n) is 8.10. The monoisotopic (exact) mass is 642 g/mol. The van der Waals surface area contributed by atoms with Crippen LogP contribution in [0.25, 0.3) is 22.5 Å². The fraction of sp³-hybridized carbons (Fsp3) is 0.163. The van der Waals surface area contributed by atoms with Gasteiger partial charge in [-0.15, -0.1) is 0 Å². The number of hydrogen-bond donors (Lipinski definition) is 0. The van der Waals surface area contributed by atoms with E-state index in [1.807, 2.05) is 73.1 Å². The van der Waals surface area contributed by atoms with Gasteiger partial charge in [0.05, 0.1) is 11.4 Å². The van der Waals surface area contributed by atoms with Gasteiger partial charge >= 0.3 is 11.9 Å². The topological polar surface area (TPSA) is 78.4 Å². The minimum absolute atomic E-state index is 0.186. The van der Waals surface area contributed by atoms with Crippen LogP contribution in [0.1, 0.15) is 54.4 Å². The van der Waals surface area contributed by atoms with Crippen LogP contribution in [0.2, 0.25) is 0 Å². The number of fused-ring (bicyclic) bond motifs is 6. The zero-order valence-electron chi connectivity index (χ0n) is 26.9. The maximum atomic E-state index is 13.5. The highest BCUT2D eigenvalue weighted by Gasteiger charge is 2.53. The standard InChI is InChI=1S/C43H34N2O4/c46-38(48-30-13-3-1-4-14-30)23-25-42(34-19-9-7-17-32(34)40-36(42)21-11-27-44-40)29-43(26-24-39(47)49-31-15-5-2-6-16-31)35-20-10-8-18-33(35)41-37(43)22-12-28-45-41/h1-22,27-28H,23-26,29H2.